The fourth-order valence-corrected chi connectivity index (χ4v) is 4.66. The highest BCUT2D eigenvalue weighted by Gasteiger charge is 2.30. The molecule has 2 aromatic rings. The third-order valence-corrected chi connectivity index (χ3v) is 7.12. The minimum absolute atomic E-state index is 0.0458. The molecule has 1 N–H and O–H groups in total. The van der Waals surface area contributed by atoms with E-state index in [9.17, 15) is 13.2 Å². The molecule has 0 saturated carbocycles. The molecule has 1 fully saturated rings. The summed E-state index contributed by atoms with van der Waals surface area (Å²) in [6, 6.07) is 7.60. The number of hydrogen-bond acceptors (Lipinski definition) is 5. The van der Waals surface area contributed by atoms with Gasteiger partial charge in [-0.1, -0.05) is 0 Å². The lowest BCUT2D eigenvalue weighted by Crippen LogP contribution is -2.42. The van der Waals surface area contributed by atoms with Crippen LogP contribution in [0.4, 0.5) is 5.69 Å². The van der Waals surface area contributed by atoms with Crippen molar-refractivity contribution >= 4 is 33.0 Å². The average molecular weight is 380 g/mol. The van der Waals surface area contributed by atoms with Crippen LogP contribution in [0.1, 0.15) is 19.8 Å². The number of benzene rings is 1. The van der Waals surface area contributed by atoms with Crippen molar-refractivity contribution < 1.29 is 13.2 Å². The molecule has 1 saturated heterocycles. The van der Waals surface area contributed by atoms with E-state index in [2.05, 4.69) is 10.3 Å². The van der Waals surface area contributed by atoms with Gasteiger partial charge in [0.25, 0.3) is 0 Å². The summed E-state index contributed by atoms with van der Waals surface area (Å²) >= 11 is 1.57. The first-order valence-electron chi connectivity index (χ1n) is 8.28. The first kappa shape index (κ1) is 18.0. The van der Waals surface area contributed by atoms with Gasteiger partial charge in [0.1, 0.15) is 5.01 Å². The van der Waals surface area contributed by atoms with Crippen LogP contribution in [0.2, 0.25) is 0 Å². The Kier molecular flexibility index (Phi) is 5.51. The van der Waals surface area contributed by atoms with Crippen LogP contribution in [0, 0.1) is 5.92 Å². The molecule has 0 radical (unpaired) electrons. The van der Waals surface area contributed by atoms with Gasteiger partial charge in [0.15, 0.2) is 0 Å². The van der Waals surface area contributed by atoms with Gasteiger partial charge in [-0.15, -0.1) is 11.3 Å². The summed E-state index contributed by atoms with van der Waals surface area (Å²) in [5, 5.41) is 5.80. The third kappa shape index (κ3) is 4.26. The fraction of sp³-hybridized carbons (Fsp3) is 0.412. The Morgan fingerprint density at radius 3 is 2.52 bits per heavy atom. The predicted octanol–water partition coefficient (Wildman–Crippen LogP) is 2.81. The van der Waals surface area contributed by atoms with E-state index < -0.39 is 10.0 Å². The van der Waals surface area contributed by atoms with Crippen LogP contribution in [-0.4, -0.2) is 42.5 Å². The second-order valence-electron chi connectivity index (χ2n) is 5.98. The van der Waals surface area contributed by atoms with Gasteiger partial charge in [-0.2, -0.15) is 0 Å². The summed E-state index contributed by atoms with van der Waals surface area (Å²) in [6.07, 6.45) is 2.88. The summed E-state index contributed by atoms with van der Waals surface area (Å²) in [7, 11) is -3.16. The SMILES string of the molecule is CCS(=O)(=O)N1CCC(C(=O)Nc2ccc(-c3nccs3)cc2)CC1. The molecule has 8 heteroatoms. The van der Waals surface area contributed by atoms with Gasteiger partial charge in [-0.05, 0) is 44.0 Å². The Balaban J connectivity index is 1.56. The Morgan fingerprint density at radius 2 is 1.96 bits per heavy atom. The molecule has 1 aromatic carbocycles. The van der Waals surface area contributed by atoms with Crippen molar-refractivity contribution in [2.45, 2.75) is 19.8 Å². The lowest BCUT2D eigenvalue weighted by molar-refractivity contribution is -0.120. The highest BCUT2D eigenvalue weighted by molar-refractivity contribution is 7.89. The summed E-state index contributed by atoms with van der Waals surface area (Å²) in [6.45, 7) is 2.47. The highest BCUT2D eigenvalue weighted by Crippen LogP contribution is 2.25. The molecule has 1 aromatic heterocycles. The van der Waals surface area contributed by atoms with Crippen molar-refractivity contribution in [1.29, 1.82) is 0 Å². The van der Waals surface area contributed by atoms with E-state index in [4.69, 9.17) is 0 Å². The van der Waals surface area contributed by atoms with Crippen molar-refractivity contribution in [3.8, 4) is 10.6 Å². The number of anilines is 1. The van der Waals surface area contributed by atoms with Crippen molar-refractivity contribution in [3.05, 3.63) is 35.8 Å². The maximum atomic E-state index is 12.4. The summed E-state index contributed by atoms with van der Waals surface area (Å²) in [5.74, 6) is -0.0903. The quantitative estimate of drug-likeness (QED) is 0.866. The molecule has 0 bridgehead atoms. The average Bonchev–Trinajstić information content (AvgIpc) is 3.17. The molecular weight excluding hydrogens is 358 g/mol. The van der Waals surface area contributed by atoms with Gasteiger partial charge in [-0.25, -0.2) is 17.7 Å². The topological polar surface area (TPSA) is 79.4 Å². The second-order valence-corrected chi connectivity index (χ2v) is 9.13. The molecule has 25 heavy (non-hydrogen) atoms. The van der Waals surface area contributed by atoms with Crippen molar-refractivity contribution in [3.63, 3.8) is 0 Å². The van der Waals surface area contributed by atoms with E-state index in [0.29, 0.717) is 25.9 Å². The fourth-order valence-electron chi connectivity index (χ4n) is 2.89. The number of sulfonamides is 1. The first-order valence-corrected chi connectivity index (χ1v) is 10.8. The summed E-state index contributed by atoms with van der Waals surface area (Å²) in [4.78, 5) is 16.7. The largest absolute Gasteiger partial charge is 0.326 e. The van der Waals surface area contributed by atoms with Gasteiger partial charge in [0.05, 0.1) is 5.75 Å². The number of amides is 1. The molecule has 3 rings (SSSR count). The first-order chi connectivity index (χ1) is 12.0. The molecule has 1 amide bonds. The summed E-state index contributed by atoms with van der Waals surface area (Å²) < 4.78 is 25.2. The Hall–Kier alpha value is -1.77. The number of aromatic nitrogens is 1. The standard InChI is InChI=1S/C17H21N3O3S2/c1-2-25(22,23)20-10-7-13(8-11-20)16(21)19-15-5-3-14(4-6-15)17-18-9-12-24-17/h3-6,9,12-13H,2,7-8,10-11H2,1H3,(H,19,21). The van der Waals surface area contributed by atoms with Crippen LogP contribution >= 0.6 is 11.3 Å². The number of nitrogens with zero attached hydrogens (tertiary/aromatic N) is 2. The number of carbonyl (C=O) groups excluding carboxylic acids is 1. The molecule has 0 atom stereocenters. The lowest BCUT2D eigenvalue weighted by Gasteiger charge is -2.30. The number of rotatable bonds is 5. The summed E-state index contributed by atoms with van der Waals surface area (Å²) in [5.41, 5.74) is 1.76. The highest BCUT2D eigenvalue weighted by atomic mass is 32.2. The number of piperidine rings is 1. The van der Waals surface area contributed by atoms with E-state index in [-0.39, 0.29) is 17.6 Å². The number of thiazole rings is 1. The maximum absolute atomic E-state index is 12.4. The van der Waals surface area contributed by atoms with Gasteiger partial charge in [0.2, 0.25) is 15.9 Å². The van der Waals surface area contributed by atoms with Gasteiger partial charge < -0.3 is 5.32 Å². The monoisotopic (exact) mass is 379 g/mol. The van der Waals surface area contributed by atoms with Gasteiger partial charge in [-0.3, -0.25) is 4.79 Å². The van der Waals surface area contributed by atoms with Crippen LogP contribution in [0.5, 0.6) is 0 Å². The van der Waals surface area contributed by atoms with Crippen molar-refractivity contribution in [1.82, 2.24) is 9.29 Å². The second kappa shape index (κ2) is 7.63. The minimum Gasteiger partial charge on any atom is -0.326 e. The van der Waals surface area contributed by atoms with Crippen molar-refractivity contribution in [2.75, 3.05) is 24.2 Å². The Morgan fingerprint density at radius 1 is 1.28 bits per heavy atom. The van der Waals surface area contributed by atoms with Crippen LogP contribution < -0.4 is 5.32 Å². The molecule has 134 valence electrons. The zero-order chi connectivity index (χ0) is 17.9. The van der Waals surface area contributed by atoms with Crippen molar-refractivity contribution in [2.24, 2.45) is 5.92 Å². The molecule has 6 nitrogen and oxygen atoms in total. The van der Waals surface area contributed by atoms with Crippen LogP contribution in [0.15, 0.2) is 35.8 Å². The van der Waals surface area contributed by atoms with Crippen LogP contribution in [0.3, 0.4) is 0 Å². The minimum atomic E-state index is -3.16. The zero-order valence-corrected chi connectivity index (χ0v) is 15.6. The molecule has 1 aliphatic heterocycles. The van der Waals surface area contributed by atoms with E-state index >= 15 is 0 Å². The third-order valence-electron chi connectivity index (χ3n) is 4.41. The molecular formula is C17H21N3O3S2. The molecule has 1 aliphatic rings. The Bertz CT molecular complexity index is 809. The van der Waals surface area contributed by atoms with Gasteiger partial charge >= 0.3 is 0 Å². The van der Waals surface area contributed by atoms with E-state index in [1.165, 1.54) is 4.31 Å². The van der Waals surface area contributed by atoms with Crippen LogP contribution in [0.25, 0.3) is 10.6 Å². The smallest absolute Gasteiger partial charge is 0.227 e. The molecule has 0 aliphatic carbocycles. The molecule has 0 unspecified atom stereocenters. The maximum Gasteiger partial charge on any atom is 0.227 e. The molecule has 2 heterocycles. The molecule has 0 spiro atoms. The normalized spacial score (nSPS) is 16.7. The lowest BCUT2D eigenvalue weighted by atomic mass is 9.97. The van der Waals surface area contributed by atoms with E-state index in [1.807, 2.05) is 29.6 Å². The van der Waals surface area contributed by atoms with E-state index in [1.54, 1.807) is 24.5 Å². The Labute approximate surface area is 151 Å². The number of nitrogens with one attached hydrogen (secondary N) is 1. The van der Waals surface area contributed by atoms with E-state index in [0.717, 1.165) is 16.3 Å². The predicted molar refractivity (Wildman–Crippen MR) is 99.9 cm³/mol. The van der Waals surface area contributed by atoms with Gasteiger partial charge in [0, 0.05) is 41.8 Å². The number of hydrogen-bond donors (Lipinski definition) is 1. The number of carbonyl (C=O) groups is 1. The zero-order valence-electron chi connectivity index (χ0n) is 14.0. The van der Waals surface area contributed by atoms with Crippen LogP contribution in [-0.2, 0) is 14.8 Å².